The number of anilines is 1. The Morgan fingerprint density at radius 3 is 2.27 bits per heavy atom. The van der Waals surface area contributed by atoms with Gasteiger partial charge in [0.05, 0.1) is 6.04 Å². The van der Waals surface area contributed by atoms with Gasteiger partial charge in [-0.3, -0.25) is 4.79 Å². The Hall–Kier alpha value is -2.13. The van der Waals surface area contributed by atoms with Gasteiger partial charge >= 0.3 is 0 Å². The predicted octanol–water partition coefficient (Wildman–Crippen LogP) is 3.74. The molecule has 3 heteroatoms. The average molecular weight is 294 g/mol. The van der Waals surface area contributed by atoms with Crippen LogP contribution in [0, 0.1) is 0 Å². The van der Waals surface area contributed by atoms with Gasteiger partial charge < -0.3 is 11.1 Å². The SMILES string of the molecule is CC(C)c1ccc(C(N)c2ccc3c(c2)CCC(=O)N3)cc1. The number of hydrogen-bond acceptors (Lipinski definition) is 2. The fourth-order valence-electron chi connectivity index (χ4n) is 2.88. The number of carbonyl (C=O) groups is 1. The topological polar surface area (TPSA) is 55.1 Å². The van der Waals surface area contributed by atoms with Crippen LogP contribution in [0.25, 0.3) is 0 Å². The highest BCUT2D eigenvalue weighted by molar-refractivity contribution is 5.93. The minimum absolute atomic E-state index is 0.0915. The Bertz CT molecular complexity index is 689. The number of hydrogen-bond donors (Lipinski definition) is 2. The smallest absolute Gasteiger partial charge is 0.224 e. The van der Waals surface area contributed by atoms with E-state index in [-0.39, 0.29) is 11.9 Å². The molecular weight excluding hydrogens is 272 g/mol. The normalized spacial score (nSPS) is 15.4. The molecule has 3 rings (SSSR count). The molecule has 114 valence electrons. The highest BCUT2D eigenvalue weighted by Gasteiger charge is 2.17. The van der Waals surface area contributed by atoms with E-state index in [1.165, 1.54) is 11.1 Å². The molecule has 1 amide bonds. The van der Waals surface area contributed by atoms with Crippen molar-refractivity contribution in [3.63, 3.8) is 0 Å². The first-order valence-electron chi connectivity index (χ1n) is 7.82. The summed E-state index contributed by atoms with van der Waals surface area (Å²) in [6.45, 7) is 4.37. The monoisotopic (exact) mass is 294 g/mol. The molecule has 1 aliphatic rings. The van der Waals surface area contributed by atoms with Gasteiger partial charge in [0.2, 0.25) is 5.91 Å². The first-order chi connectivity index (χ1) is 10.5. The molecule has 0 aliphatic carbocycles. The fourth-order valence-corrected chi connectivity index (χ4v) is 2.88. The lowest BCUT2D eigenvalue weighted by Gasteiger charge is -2.20. The molecule has 0 saturated heterocycles. The zero-order valence-electron chi connectivity index (χ0n) is 13.1. The molecule has 0 bridgehead atoms. The number of nitrogens with two attached hydrogens (primary N) is 1. The van der Waals surface area contributed by atoms with Crippen LogP contribution in [-0.4, -0.2) is 5.91 Å². The van der Waals surface area contributed by atoms with Crippen LogP contribution >= 0.6 is 0 Å². The van der Waals surface area contributed by atoms with E-state index < -0.39 is 0 Å². The van der Waals surface area contributed by atoms with Crippen LogP contribution in [0.4, 0.5) is 5.69 Å². The largest absolute Gasteiger partial charge is 0.326 e. The Kier molecular flexibility index (Phi) is 3.99. The van der Waals surface area contributed by atoms with E-state index >= 15 is 0 Å². The zero-order valence-corrected chi connectivity index (χ0v) is 13.1. The van der Waals surface area contributed by atoms with Crippen LogP contribution < -0.4 is 11.1 Å². The zero-order chi connectivity index (χ0) is 15.7. The molecule has 1 unspecified atom stereocenters. The lowest BCUT2D eigenvalue weighted by Crippen LogP contribution is -2.20. The summed E-state index contributed by atoms with van der Waals surface area (Å²) < 4.78 is 0. The van der Waals surface area contributed by atoms with E-state index in [4.69, 9.17) is 5.73 Å². The standard InChI is InChI=1S/C19H22N2O/c1-12(2)13-3-5-14(6-4-13)19(20)16-7-9-17-15(11-16)8-10-18(22)21-17/h3-7,9,11-12,19H,8,10,20H2,1-2H3,(H,21,22). The highest BCUT2D eigenvalue weighted by Crippen LogP contribution is 2.28. The molecule has 1 atom stereocenters. The van der Waals surface area contributed by atoms with Crippen LogP contribution in [0.2, 0.25) is 0 Å². The van der Waals surface area contributed by atoms with Crippen LogP contribution in [0.15, 0.2) is 42.5 Å². The van der Waals surface area contributed by atoms with Gasteiger partial charge in [-0.15, -0.1) is 0 Å². The third kappa shape index (κ3) is 2.90. The van der Waals surface area contributed by atoms with Crippen molar-refractivity contribution in [1.82, 2.24) is 0 Å². The van der Waals surface area contributed by atoms with E-state index in [0.29, 0.717) is 12.3 Å². The molecule has 3 N–H and O–H groups in total. The van der Waals surface area contributed by atoms with Gasteiger partial charge in [-0.25, -0.2) is 0 Å². The molecule has 0 radical (unpaired) electrons. The predicted molar refractivity (Wildman–Crippen MR) is 90.0 cm³/mol. The fraction of sp³-hybridized carbons (Fsp3) is 0.316. The van der Waals surface area contributed by atoms with Crippen molar-refractivity contribution in [1.29, 1.82) is 0 Å². The van der Waals surface area contributed by atoms with E-state index in [1.807, 2.05) is 12.1 Å². The maximum Gasteiger partial charge on any atom is 0.224 e. The minimum Gasteiger partial charge on any atom is -0.326 e. The second-order valence-corrected chi connectivity index (χ2v) is 6.26. The van der Waals surface area contributed by atoms with E-state index in [9.17, 15) is 4.79 Å². The van der Waals surface area contributed by atoms with Crippen LogP contribution in [-0.2, 0) is 11.2 Å². The molecule has 0 aromatic heterocycles. The van der Waals surface area contributed by atoms with Crippen molar-refractivity contribution < 1.29 is 4.79 Å². The summed E-state index contributed by atoms with van der Waals surface area (Å²) in [5.74, 6) is 0.617. The molecule has 0 spiro atoms. The maximum atomic E-state index is 11.4. The Balaban J connectivity index is 1.85. The van der Waals surface area contributed by atoms with Crippen LogP contribution in [0.5, 0.6) is 0 Å². The molecule has 2 aromatic rings. The van der Waals surface area contributed by atoms with Gasteiger partial charge in [-0.2, -0.15) is 0 Å². The van der Waals surface area contributed by atoms with Crippen molar-refractivity contribution in [2.45, 2.75) is 38.6 Å². The van der Waals surface area contributed by atoms with Crippen molar-refractivity contribution in [3.8, 4) is 0 Å². The second kappa shape index (κ2) is 5.93. The van der Waals surface area contributed by atoms with Gasteiger partial charge in [0.1, 0.15) is 0 Å². The quantitative estimate of drug-likeness (QED) is 0.906. The third-order valence-corrected chi connectivity index (χ3v) is 4.35. The minimum atomic E-state index is -0.135. The number of nitrogens with one attached hydrogen (secondary N) is 1. The summed E-state index contributed by atoms with van der Waals surface area (Å²) in [4.78, 5) is 11.4. The van der Waals surface area contributed by atoms with Crippen molar-refractivity contribution in [3.05, 3.63) is 64.7 Å². The lowest BCUT2D eigenvalue weighted by molar-refractivity contribution is -0.116. The molecule has 0 saturated carbocycles. The van der Waals surface area contributed by atoms with Gasteiger partial charge in [0.25, 0.3) is 0 Å². The molecule has 1 heterocycles. The average Bonchev–Trinajstić information content (AvgIpc) is 2.53. The van der Waals surface area contributed by atoms with Crippen LogP contribution in [0.3, 0.4) is 0 Å². The lowest BCUT2D eigenvalue weighted by atomic mass is 9.93. The van der Waals surface area contributed by atoms with Crippen molar-refractivity contribution in [2.75, 3.05) is 5.32 Å². The van der Waals surface area contributed by atoms with Crippen molar-refractivity contribution >= 4 is 11.6 Å². The van der Waals surface area contributed by atoms with Gasteiger partial charge in [-0.1, -0.05) is 50.2 Å². The Morgan fingerprint density at radius 1 is 0.955 bits per heavy atom. The Morgan fingerprint density at radius 2 is 1.59 bits per heavy atom. The summed E-state index contributed by atoms with van der Waals surface area (Å²) in [6.07, 6.45) is 1.34. The van der Waals surface area contributed by atoms with E-state index in [1.54, 1.807) is 0 Å². The molecular formula is C19H22N2O. The molecule has 1 aliphatic heterocycles. The first-order valence-corrected chi connectivity index (χ1v) is 7.82. The van der Waals surface area contributed by atoms with Crippen LogP contribution in [0.1, 0.15) is 54.5 Å². The summed E-state index contributed by atoms with van der Waals surface area (Å²) >= 11 is 0. The van der Waals surface area contributed by atoms with Crippen molar-refractivity contribution in [2.24, 2.45) is 5.73 Å². The summed E-state index contributed by atoms with van der Waals surface area (Å²) in [7, 11) is 0. The number of rotatable bonds is 3. The molecule has 3 nitrogen and oxygen atoms in total. The number of amides is 1. The summed E-state index contributed by atoms with van der Waals surface area (Å²) in [5.41, 5.74) is 12.0. The highest BCUT2D eigenvalue weighted by atomic mass is 16.1. The molecule has 2 aromatic carbocycles. The Labute approximate surface area is 131 Å². The molecule has 0 fully saturated rings. The maximum absolute atomic E-state index is 11.4. The number of aryl methyl sites for hydroxylation is 1. The third-order valence-electron chi connectivity index (χ3n) is 4.35. The molecule has 22 heavy (non-hydrogen) atoms. The number of fused-ring (bicyclic) bond motifs is 1. The van der Waals surface area contributed by atoms with Gasteiger partial charge in [0, 0.05) is 12.1 Å². The van der Waals surface area contributed by atoms with E-state index in [0.717, 1.165) is 23.2 Å². The first kappa shape index (κ1) is 14.8. The van der Waals surface area contributed by atoms with Gasteiger partial charge in [0.15, 0.2) is 0 Å². The van der Waals surface area contributed by atoms with Gasteiger partial charge in [-0.05, 0) is 40.7 Å². The summed E-state index contributed by atoms with van der Waals surface area (Å²) in [6, 6.07) is 14.5. The number of carbonyl (C=O) groups excluding carboxylic acids is 1. The summed E-state index contributed by atoms with van der Waals surface area (Å²) in [5, 5.41) is 2.91. The number of benzene rings is 2. The second-order valence-electron chi connectivity index (χ2n) is 6.26. The van der Waals surface area contributed by atoms with E-state index in [2.05, 4.69) is 49.5 Å².